The van der Waals surface area contributed by atoms with Crippen molar-refractivity contribution in [1.82, 2.24) is 5.32 Å². The minimum Gasteiger partial charge on any atom is -0.504 e. The second kappa shape index (κ2) is 5.41. The molecule has 0 heterocycles. The number of benzene rings is 1. The van der Waals surface area contributed by atoms with Gasteiger partial charge in [-0.1, -0.05) is 13.0 Å². The molecule has 1 aliphatic rings. The number of phenols is 1. The normalized spacial score (nSPS) is 18.8. The van der Waals surface area contributed by atoms with Crippen LogP contribution in [0.5, 0.6) is 11.5 Å². The van der Waals surface area contributed by atoms with Crippen molar-refractivity contribution in [1.29, 1.82) is 0 Å². The molecule has 2 rings (SSSR count). The van der Waals surface area contributed by atoms with Gasteiger partial charge in [0.2, 0.25) is 0 Å². The van der Waals surface area contributed by atoms with Gasteiger partial charge in [-0.3, -0.25) is 0 Å². The molecule has 1 aromatic carbocycles. The fourth-order valence-electron chi connectivity index (χ4n) is 2.50. The van der Waals surface area contributed by atoms with Gasteiger partial charge in [0.05, 0.1) is 7.11 Å². The van der Waals surface area contributed by atoms with Crippen molar-refractivity contribution in [2.24, 2.45) is 0 Å². The Labute approximate surface area is 103 Å². The summed E-state index contributed by atoms with van der Waals surface area (Å²) in [4.78, 5) is 0. The van der Waals surface area contributed by atoms with E-state index < -0.39 is 0 Å². The lowest BCUT2D eigenvalue weighted by atomic mass is 9.87. The average molecular weight is 235 g/mol. The largest absolute Gasteiger partial charge is 0.504 e. The summed E-state index contributed by atoms with van der Waals surface area (Å²) in [5, 5.41) is 13.6. The molecule has 0 aliphatic heterocycles. The molecule has 3 nitrogen and oxygen atoms in total. The molecular weight excluding hydrogens is 214 g/mol. The lowest BCUT2D eigenvalue weighted by Gasteiger charge is -2.26. The van der Waals surface area contributed by atoms with Gasteiger partial charge in [0.15, 0.2) is 11.5 Å². The fourth-order valence-corrected chi connectivity index (χ4v) is 2.50. The van der Waals surface area contributed by atoms with Crippen LogP contribution in [0.15, 0.2) is 12.1 Å². The van der Waals surface area contributed by atoms with E-state index >= 15 is 0 Å². The van der Waals surface area contributed by atoms with Crippen LogP contribution < -0.4 is 10.1 Å². The zero-order valence-corrected chi connectivity index (χ0v) is 10.6. The summed E-state index contributed by atoms with van der Waals surface area (Å²) in [5.41, 5.74) is 2.32. The van der Waals surface area contributed by atoms with Crippen LogP contribution in [0.3, 0.4) is 0 Å². The maximum atomic E-state index is 10.1. The summed E-state index contributed by atoms with van der Waals surface area (Å²) >= 11 is 0. The minimum absolute atomic E-state index is 0.332. The van der Waals surface area contributed by atoms with Gasteiger partial charge in [0.1, 0.15) is 0 Å². The number of nitrogens with one attached hydrogen (secondary N) is 1. The van der Waals surface area contributed by atoms with E-state index in [1.54, 1.807) is 7.11 Å². The molecule has 0 fully saturated rings. The molecule has 0 saturated heterocycles. The van der Waals surface area contributed by atoms with E-state index in [0.717, 1.165) is 37.8 Å². The van der Waals surface area contributed by atoms with Gasteiger partial charge in [-0.2, -0.15) is 0 Å². The number of hydrogen-bond donors (Lipinski definition) is 2. The van der Waals surface area contributed by atoms with E-state index in [0.29, 0.717) is 17.5 Å². The molecule has 0 radical (unpaired) electrons. The first-order valence-electron chi connectivity index (χ1n) is 6.37. The Bertz CT molecular complexity index is 390. The monoisotopic (exact) mass is 235 g/mol. The van der Waals surface area contributed by atoms with Gasteiger partial charge < -0.3 is 15.2 Å². The number of rotatable bonds is 4. The zero-order chi connectivity index (χ0) is 12.3. The van der Waals surface area contributed by atoms with Crippen molar-refractivity contribution in [2.75, 3.05) is 13.7 Å². The highest BCUT2D eigenvalue weighted by molar-refractivity contribution is 5.51. The van der Waals surface area contributed by atoms with Crippen molar-refractivity contribution in [3.63, 3.8) is 0 Å². The fraction of sp³-hybridized carbons (Fsp3) is 0.571. The Morgan fingerprint density at radius 1 is 1.47 bits per heavy atom. The first-order chi connectivity index (χ1) is 8.26. The molecule has 1 aromatic rings. The van der Waals surface area contributed by atoms with E-state index in [9.17, 15) is 5.11 Å². The molecule has 0 amide bonds. The Morgan fingerprint density at radius 3 is 3.00 bits per heavy atom. The number of methoxy groups -OCH3 is 1. The third-order valence-corrected chi connectivity index (χ3v) is 3.45. The third kappa shape index (κ3) is 2.55. The summed E-state index contributed by atoms with van der Waals surface area (Å²) in [6, 6.07) is 4.49. The first kappa shape index (κ1) is 12.2. The van der Waals surface area contributed by atoms with Crippen molar-refractivity contribution in [3.8, 4) is 11.5 Å². The lowest BCUT2D eigenvalue weighted by Crippen LogP contribution is -2.34. The molecule has 1 atom stereocenters. The van der Waals surface area contributed by atoms with Gasteiger partial charge in [0.25, 0.3) is 0 Å². The lowest BCUT2D eigenvalue weighted by molar-refractivity contribution is 0.365. The number of fused-ring (bicyclic) bond motifs is 1. The maximum Gasteiger partial charge on any atom is 0.161 e. The van der Waals surface area contributed by atoms with Crippen LogP contribution in [0.4, 0.5) is 0 Å². The van der Waals surface area contributed by atoms with Crippen LogP contribution in [0.1, 0.15) is 30.9 Å². The average Bonchev–Trinajstić information content (AvgIpc) is 2.37. The second-order valence-electron chi connectivity index (χ2n) is 4.65. The van der Waals surface area contributed by atoms with Crippen molar-refractivity contribution in [2.45, 2.75) is 38.6 Å². The molecule has 1 aliphatic carbocycles. The van der Waals surface area contributed by atoms with Gasteiger partial charge in [-0.25, -0.2) is 0 Å². The standard InChI is InChI=1S/C14H21NO2/c1-3-8-15-11-5-6-12-10(9-11)4-7-13(17-2)14(12)16/h4,7,11,15-16H,3,5-6,8-9H2,1-2H3/t11-/m0/s1. The number of ether oxygens (including phenoxy) is 1. The Hall–Kier alpha value is -1.22. The van der Waals surface area contributed by atoms with Crippen molar-refractivity contribution in [3.05, 3.63) is 23.3 Å². The highest BCUT2D eigenvalue weighted by atomic mass is 16.5. The van der Waals surface area contributed by atoms with E-state index in [2.05, 4.69) is 18.3 Å². The predicted octanol–water partition coefficient (Wildman–Crippen LogP) is 2.26. The quantitative estimate of drug-likeness (QED) is 0.841. The van der Waals surface area contributed by atoms with Crippen molar-refractivity contribution >= 4 is 0 Å². The Morgan fingerprint density at radius 2 is 2.29 bits per heavy atom. The van der Waals surface area contributed by atoms with Crippen LogP contribution in [0.2, 0.25) is 0 Å². The highest BCUT2D eigenvalue weighted by Gasteiger charge is 2.22. The summed E-state index contributed by atoms with van der Waals surface area (Å²) in [5.74, 6) is 0.919. The van der Waals surface area contributed by atoms with Crippen LogP contribution in [-0.4, -0.2) is 24.8 Å². The Balaban J connectivity index is 2.14. The molecule has 17 heavy (non-hydrogen) atoms. The SMILES string of the molecule is CCCN[C@H]1CCc2c(ccc(OC)c2O)C1. The molecule has 0 unspecified atom stereocenters. The number of aromatic hydroxyl groups is 1. The van der Waals surface area contributed by atoms with E-state index in [1.807, 2.05) is 6.07 Å². The maximum absolute atomic E-state index is 10.1. The summed E-state index contributed by atoms with van der Waals surface area (Å²) in [7, 11) is 1.59. The molecule has 0 aromatic heterocycles. The van der Waals surface area contributed by atoms with Gasteiger partial charge in [0, 0.05) is 11.6 Å². The molecule has 3 heteroatoms. The topological polar surface area (TPSA) is 41.5 Å². The second-order valence-corrected chi connectivity index (χ2v) is 4.65. The summed E-state index contributed by atoms with van der Waals surface area (Å²) in [6.07, 6.45) is 4.19. The Kier molecular flexibility index (Phi) is 3.89. The van der Waals surface area contributed by atoms with Crippen LogP contribution in [-0.2, 0) is 12.8 Å². The molecule has 0 spiro atoms. The number of phenolic OH excluding ortho intramolecular Hbond substituents is 1. The highest BCUT2D eigenvalue weighted by Crippen LogP contribution is 2.36. The van der Waals surface area contributed by atoms with E-state index in [4.69, 9.17) is 4.74 Å². The number of hydrogen-bond acceptors (Lipinski definition) is 3. The molecule has 0 saturated carbocycles. The third-order valence-electron chi connectivity index (χ3n) is 3.45. The van der Waals surface area contributed by atoms with Crippen LogP contribution in [0.25, 0.3) is 0 Å². The summed E-state index contributed by atoms with van der Waals surface area (Å²) in [6.45, 7) is 3.25. The van der Waals surface area contributed by atoms with Crippen LogP contribution in [0, 0.1) is 0 Å². The van der Waals surface area contributed by atoms with Gasteiger partial charge in [-0.05, 0) is 43.9 Å². The minimum atomic E-state index is 0.332. The zero-order valence-electron chi connectivity index (χ0n) is 10.6. The first-order valence-corrected chi connectivity index (χ1v) is 6.37. The molecule has 2 N–H and O–H groups in total. The van der Waals surface area contributed by atoms with Crippen molar-refractivity contribution < 1.29 is 9.84 Å². The van der Waals surface area contributed by atoms with Crippen LogP contribution >= 0.6 is 0 Å². The molecular formula is C14H21NO2. The molecule has 0 bridgehead atoms. The smallest absolute Gasteiger partial charge is 0.161 e. The van der Waals surface area contributed by atoms with E-state index in [-0.39, 0.29) is 0 Å². The van der Waals surface area contributed by atoms with Gasteiger partial charge in [-0.15, -0.1) is 0 Å². The molecule has 94 valence electrons. The van der Waals surface area contributed by atoms with E-state index in [1.165, 1.54) is 5.56 Å². The predicted molar refractivity (Wildman–Crippen MR) is 68.8 cm³/mol. The van der Waals surface area contributed by atoms with Gasteiger partial charge >= 0.3 is 0 Å². The summed E-state index contributed by atoms with van der Waals surface area (Å²) < 4.78 is 5.14.